The average Bonchev–Trinajstić information content (AvgIpc) is 2.40. The van der Waals surface area contributed by atoms with Gasteiger partial charge in [0.25, 0.3) is 0 Å². The summed E-state index contributed by atoms with van der Waals surface area (Å²) in [6.07, 6.45) is -0.707. The molecule has 0 radical (unpaired) electrons. The molecule has 0 bridgehead atoms. The molecule has 1 amide bonds. The number of halogens is 1. The van der Waals surface area contributed by atoms with Gasteiger partial charge in [0.15, 0.2) is 0 Å². The van der Waals surface area contributed by atoms with Gasteiger partial charge in [-0.05, 0) is 17.5 Å². The molecule has 0 aliphatic heterocycles. The Labute approximate surface area is 69.3 Å². The number of hydrogen-bond donors (Lipinski definition) is 1. The molecule has 1 aromatic heterocycles. The molecule has 0 atom stereocenters. The number of anilines is 1. The Kier molecular flexibility index (Phi) is 3.06. The fourth-order valence-electron chi connectivity index (χ4n) is 0.536. The monoisotopic (exact) mass is 191 g/mol. The second-order valence-electron chi connectivity index (χ2n) is 1.64. The molecule has 11 heavy (non-hydrogen) atoms. The van der Waals surface area contributed by atoms with E-state index in [0.29, 0.717) is 5.00 Å². The third kappa shape index (κ3) is 2.68. The van der Waals surface area contributed by atoms with E-state index in [9.17, 15) is 8.90 Å². The number of hydrogen-bond acceptors (Lipinski definition) is 3. The number of nitrogens with one attached hydrogen (secondary N) is 1. The van der Waals surface area contributed by atoms with E-state index in [1.54, 1.807) is 12.1 Å². The lowest BCUT2D eigenvalue weighted by atomic mass is 10.6. The molecule has 0 spiro atoms. The minimum atomic E-state index is -2.14. The molecule has 0 fully saturated rings. The summed E-state index contributed by atoms with van der Waals surface area (Å²) in [5.41, 5.74) is 0. The van der Waals surface area contributed by atoms with E-state index in [0.717, 1.165) is 0 Å². The molecule has 0 saturated heterocycles. The van der Waals surface area contributed by atoms with Crippen LogP contribution in [0.5, 0.6) is 0 Å². The first-order valence-electron chi connectivity index (χ1n) is 2.86. The Morgan fingerprint density at radius 1 is 1.82 bits per heavy atom. The third-order valence-corrected chi connectivity index (χ3v) is 2.09. The van der Waals surface area contributed by atoms with Crippen molar-refractivity contribution in [2.45, 2.75) is 0 Å². The van der Waals surface area contributed by atoms with Gasteiger partial charge in [-0.25, -0.2) is 4.79 Å². The van der Waals surface area contributed by atoms with Crippen LogP contribution >= 0.6 is 11.3 Å². The van der Waals surface area contributed by atoms with Crippen LogP contribution in [0.15, 0.2) is 17.5 Å². The van der Waals surface area contributed by atoms with Crippen molar-refractivity contribution >= 4 is 32.5 Å². The molecule has 1 aromatic rings. The topological polar surface area (TPSA) is 38.3 Å². The highest BCUT2D eigenvalue weighted by Crippen LogP contribution is 2.14. The molecule has 1 heterocycles. The van der Waals surface area contributed by atoms with Crippen molar-refractivity contribution in [2.24, 2.45) is 0 Å². The number of thiophene rings is 1. The van der Waals surface area contributed by atoms with Gasteiger partial charge >= 0.3 is 16.2 Å². The SMILES string of the molecule is O=C(Nc1cccs1)O[SiH2]F. The summed E-state index contributed by atoms with van der Waals surface area (Å²) in [7, 11) is -2.14. The Bertz CT molecular complexity index is 228. The highest BCUT2D eigenvalue weighted by Gasteiger charge is 2.01. The van der Waals surface area contributed by atoms with Crippen LogP contribution in [0.2, 0.25) is 0 Å². The molecule has 0 aliphatic carbocycles. The van der Waals surface area contributed by atoms with Gasteiger partial charge in [0, 0.05) is 0 Å². The Balaban J connectivity index is 2.37. The number of carbonyl (C=O) groups is 1. The predicted octanol–water partition coefficient (Wildman–Crippen LogP) is 1.26. The van der Waals surface area contributed by atoms with Gasteiger partial charge in [-0.2, -0.15) is 0 Å². The number of carbonyl (C=O) groups excluding carboxylic acids is 1. The second-order valence-corrected chi connectivity index (χ2v) is 3.10. The zero-order chi connectivity index (χ0) is 8.10. The van der Waals surface area contributed by atoms with Crippen LogP contribution in [0, 0.1) is 0 Å². The van der Waals surface area contributed by atoms with Gasteiger partial charge in [-0.3, -0.25) is 9.42 Å². The standard InChI is InChI=1S/C5H6FNO2SSi/c6-11-9-5(8)7-4-2-1-3-10-4/h1-3H,11H2,(H,7,8). The number of amides is 1. The molecule has 60 valence electrons. The van der Waals surface area contributed by atoms with Crippen molar-refractivity contribution < 1.29 is 13.3 Å². The van der Waals surface area contributed by atoms with Crippen LogP contribution in [0.25, 0.3) is 0 Å². The lowest BCUT2D eigenvalue weighted by molar-refractivity contribution is 0.214. The van der Waals surface area contributed by atoms with Crippen molar-refractivity contribution in [3.8, 4) is 0 Å². The minimum Gasteiger partial charge on any atom is -0.479 e. The normalized spacial score (nSPS) is 10.3. The molecule has 0 saturated carbocycles. The predicted molar refractivity (Wildman–Crippen MR) is 44.1 cm³/mol. The quantitative estimate of drug-likeness (QED) is 0.564. The lowest BCUT2D eigenvalue weighted by Gasteiger charge is -1.99. The molecule has 1 N–H and O–H groups in total. The van der Waals surface area contributed by atoms with Crippen molar-refractivity contribution in [3.63, 3.8) is 0 Å². The number of rotatable bonds is 2. The molecule has 1 rings (SSSR count). The fourth-order valence-corrected chi connectivity index (χ4v) is 1.31. The maximum Gasteiger partial charge on any atom is 0.413 e. The van der Waals surface area contributed by atoms with Crippen molar-refractivity contribution in [1.29, 1.82) is 0 Å². The lowest BCUT2D eigenvalue weighted by Crippen LogP contribution is -2.13. The zero-order valence-electron chi connectivity index (χ0n) is 5.54. The van der Waals surface area contributed by atoms with Crippen LogP contribution in [-0.2, 0) is 4.43 Å². The molecule has 0 unspecified atom stereocenters. The Morgan fingerprint density at radius 2 is 2.64 bits per heavy atom. The summed E-state index contributed by atoms with van der Waals surface area (Å²) in [6, 6.07) is 3.50. The summed E-state index contributed by atoms with van der Waals surface area (Å²) in [4.78, 5) is 10.6. The summed E-state index contributed by atoms with van der Waals surface area (Å²) >= 11 is 1.36. The second kappa shape index (κ2) is 4.09. The smallest absolute Gasteiger partial charge is 0.413 e. The first-order chi connectivity index (χ1) is 5.33. The zero-order valence-corrected chi connectivity index (χ0v) is 7.77. The van der Waals surface area contributed by atoms with E-state index in [1.165, 1.54) is 11.3 Å². The molecule has 0 aromatic carbocycles. The van der Waals surface area contributed by atoms with E-state index >= 15 is 0 Å². The molecular formula is C5H6FNO2SSi. The van der Waals surface area contributed by atoms with Gasteiger partial charge in [-0.15, -0.1) is 11.3 Å². The largest absolute Gasteiger partial charge is 0.479 e. The van der Waals surface area contributed by atoms with Crippen LogP contribution < -0.4 is 5.32 Å². The highest BCUT2D eigenvalue weighted by molar-refractivity contribution is 7.14. The van der Waals surface area contributed by atoms with E-state index < -0.39 is 16.2 Å². The average molecular weight is 191 g/mol. The molecule has 0 aliphatic rings. The van der Waals surface area contributed by atoms with Crippen molar-refractivity contribution in [1.82, 2.24) is 0 Å². The summed E-state index contributed by atoms with van der Waals surface area (Å²) in [5, 5.41) is 4.85. The summed E-state index contributed by atoms with van der Waals surface area (Å²) in [5.74, 6) is 0. The van der Waals surface area contributed by atoms with Crippen molar-refractivity contribution in [3.05, 3.63) is 17.5 Å². The molecular weight excluding hydrogens is 185 g/mol. The van der Waals surface area contributed by atoms with E-state index in [1.807, 2.05) is 5.38 Å². The van der Waals surface area contributed by atoms with Crippen LogP contribution in [0.4, 0.5) is 13.9 Å². The van der Waals surface area contributed by atoms with Gasteiger partial charge in [-0.1, -0.05) is 0 Å². The van der Waals surface area contributed by atoms with Gasteiger partial charge < -0.3 is 4.43 Å². The summed E-state index contributed by atoms with van der Waals surface area (Å²) < 4.78 is 15.7. The van der Waals surface area contributed by atoms with E-state index in [2.05, 4.69) is 9.74 Å². The maximum atomic E-state index is 11.5. The van der Waals surface area contributed by atoms with E-state index in [4.69, 9.17) is 0 Å². The van der Waals surface area contributed by atoms with Gasteiger partial charge in [0.1, 0.15) is 0 Å². The molecule has 6 heteroatoms. The first kappa shape index (κ1) is 8.22. The maximum absolute atomic E-state index is 11.5. The fraction of sp³-hybridized carbons (Fsp3) is 0. The first-order valence-corrected chi connectivity index (χ1v) is 4.85. The van der Waals surface area contributed by atoms with E-state index in [-0.39, 0.29) is 0 Å². The van der Waals surface area contributed by atoms with Crippen molar-refractivity contribution in [2.75, 3.05) is 5.32 Å². The van der Waals surface area contributed by atoms with Crippen LogP contribution in [0.3, 0.4) is 0 Å². The third-order valence-electron chi connectivity index (χ3n) is 0.932. The van der Waals surface area contributed by atoms with Gasteiger partial charge in [0.05, 0.1) is 5.00 Å². The molecule has 3 nitrogen and oxygen atoms in total. The Morgan fingerprint density at radius 3 is 3.18 bits per heavy atom. The summed E-state index contributed by atoms with van der Waals surface area (Å²) in [6.45, 7) is 0. The van der Waals surface area contributed by atoms with Gasteiger partial charge in [0.2, 0.25) is 0 Å². The van der Waals surface area contributed by atoms with Crippen LogP contribution in [-0.4, -0.2) is 16.2 Å². The Hall–Kier alpha value is -0.883. The highest BCUT2D eigenvalue weighted by atomic mass is 32.1. The van der Waals surface area contributed by atoms with Crippen LogP contribution in [0.1, 0.15) is 0 Å². The minimum absolute atomic E-state index is 0.664.